The molecule has 0 amide bonds. The summed E-state index contributed by atoms with van der Waals surface area (Å²) < 4.78 is 5.45. The maximum Gasteiger partial charge on any atom is 0.218 e. The molecule has 88 valence electrons. The van der Waals surface area contributed by atoms with Gasteiger partial charge < -0.3 is 10.1 Å². The van der Waals surface area contributed by atoms with Gasteiger partial charge in [0.25, 0.3) is 0 Å². The van der Waals surface area contributed by atoms with Crippen molar-refractivity contribution in [2.75, 3.05) is 18.5 Å². The van der Waals surface area contributed by atoms with Gasteiger partial charge in [0, 0.05) is 12.6 Å². The maximum absolute atomic E-state index is 5.45. The second kappa shape index (κ2) is 5.68. The molecule has 1 fully saturated rings. The van der Waals surface area contributed by atoms with E-state index in [0.29, 0.717) is 12.5 Å². The standard InChI is InChI=1S/C12H19N3O/c1-2-6-16-12-7-11(14-9-15-12)13-8-10-4-3-5-10/h7,9-10H,2-6,8H2,1H3,(H,13,14,15). The van der Waals surface area contributed by atoms with Crippen molar-refractivity contribution in [2.24, 2.45) is 5.92 Å². The summed E-state index contributed by atoms with van der Waals surface area (Å²) in [5.74, 6) is 2.36. The summed E-state index contributed by atoms with van der Waals surface area (Å²) in [4.78, 5) is 8.24. The second-order valence-corrected chi connectivity index (χ2v) is 4.27. The van der Waals surface area contributed by atoms with Gasteiger partial charge in [-0.1, -0.05) is 13.3 Å². The van der Waals surface area contributed by atoms with E-state index in [9.17, 15) is 0 Å². The van der Waals surface area contributed by atoms with Crippen LogP contribution in [0.3, 0.4) is 0 Å². The van der Waals surface area contributed by atoms with Crippen LogP contribution in [0.15, 0.2) is 12.4 Å². The van der Waals surface area contributed by atoms with E-state index in [1.807, 2.05) is 6.07 Å². The molecule has 4 heteroatoms. The first-order valence-electron chi connectivity index (χ1n) is 6.07. The lowest BCUT2D eigenvalue weighted by molar-refractivity contribution is 0.304. The SMILES string of the molecule is CCCOc1cc(NCC2CCC2)ncn1. The summed E-state index contributed by atoms with van der Waals surface area (Å²) >= 11 is 0. The van der Waals surface area contributed by atoms with Crippen LogP contribution in [-0.4, -0.2) is 23.1 Å². The van der Waals surface area contributed by atoms with E-state index in [0.717, 1.165) is 24.7 Å². The zero-order chi connectivity index (χ0) is 11.2. The average Bonchev–Trinajstić information content (AvgIpc) is 2.25. The Morgan fingerprint density at radius 2 is 2.31 bits per heavy atom. The molecule has 0 bridgehead atoms. The van der Waals surface area contributed by atoms with Crippen molar-refractivity contribution in [3.63, 3.8) is 0 Å². The summed E-state index contributed by atoms with van der Waals surface area (Å²) in [6, 6.07) is 1.87. The van der Waals surface area contributed by atoms with Crippen LogP contribution in [0.2, 0.25) is 0 Å². The van der Waals surface area contributed by atoms with Crippen molar-refractivity contribution in [3.05, 3.63) is 12.4 Å². The molecule has 4 nitrogen and oxygen atoms in total. The Labute approximate surface area is 96.4 Å². The molecule has 2 rings (SSSR count). The zero-order valence-electron chi connectivity index (χ0n) is 9.78. The molecule has 0 spiro atoms. The normalized spacial score (nSPS) is 15.6. The minimum Gasteiger partial charge on any atom is -0.478 e. The fourth-order valence-corrected chi connectivity index (χ4v) is 1.67. The first-order valence-corrected chi connectivity index (χ1v) is 6.07. The molecule has 1 N–H and O–H groups in total. The molecule has 0 aromatic carbocycles. The number of anilines is 1. The third-order valence-electron chi connectivity index (χ3n) is 2.89. The van der Waals surface area contributed by atoms with Crippen LogP contribution < -0.4 is 10.1 Å². The van der Waals surface area contributed by atoms with Crippen molar-refractivity contribution in [3.8, 4) is 5.88 Å². The monoisotopic (exact) mass is 221 g/mol. The fraction of sp³-hybridized carbons (Fsp3) is 0.667. The molecule has 0 aliphatic heterocycles. The number of rotatable bonds is 6. The molecule has 1 aromatic heterocycles. The van der Waals surface area contributed by atoms with Gasteiger partial charge >= 0.3 is 0 Å². The second-order valence-electron chi connectivity index (χ2n) is 4.27. The largest absolute Gasteiger partial charge is 0.478 e. The lowest BCUT2D eigenvalue weighted by Crippen LogP contribution is -2.21. The Bertz CT molecular complexity index is 326. The highest BCUT2D eigenvalue weighted by Crippen LogP contribution is 2.26. The quantitative estimate of drug-likeness (QED) is 0.801. The summed E-state index contributed by atoms with van der Waals surface area (Å²) in [5.41, 5.74) is 0. The van der Waals surface area contributed by atoms with Crippen molar-refractivity contribution in [2.45, 2.75) is 32.6 Å². The minimum absolute atomic E-state index is 0.660. The topological polar surface area (TPSA) is 47.0 Å². The predicted molar refractivity (Wildman–Crippen MR) is 63.6 cm³/mol. The maximum atomic E-state index is 5.45. The number of aromatic nitrogens is 2. The average molecular weight is 221 g/mol. The minimum atomic E-state index is 0.660. The summed E-state index contributed by atoms with van der Waals surface area (Å²) in [6.45, 7) is 3.81. The van der Waals surface area contributed by atoms with Gasteiger partial charge in [-0.3, -0.25) is 0 Å². The zero-order valence-corrected chi connectivity index (χ0v) is 9.78. The molecule has 1 aromatic rings. The van der Waals surface area contributed by atoms with Gasteiger partial charge in [-0.25, -0.2) is 9.97 Å². The fourth-order valence-electron chi connectivity index (χ4n) is 1.67. The number of ether oxygens (including phenoxy) is 1. The molecule has 0 atom stereocenters. The van der Waals surface area contributed by atoms with Crippen molar-refractivity contribution < 1.29 is 4.74 Å². The first-order chi connectivity index (χ1) is 7.88. The predicted octanol–water partition coefficient (Wildman–Crippen LogP) is 2.48. The van der Waals surface area contributed by atoms with Gasteiger partial charge in [-0.2, -0.15) is 0 Å². The summed E-state index contributed by atoms with van der Waals surface area (Å²) in [5, 5.41) is 3.33. The van der Waals surface area contributed by atoms with E-state index in [4.69, 9.17) is 4.74 Å². The van der Waals surface area contributed by atoms with E-state index in [1.165, 1.54) is 19.3 Å². The van der Waals surface area contributed by atoms with Gasteiger partial charge in [0.1, 0.15) is 12.1 Å². The van der Waals surface area contributed by atoms with Crippen LogP contribution >= 0.6 is 0 Å². The van der Waals surface area contributed by atoms with Gasteiger partial charge in [-0.05, 0) is 25.2 Å². The lowest BCUT2D eigenvalue weighted by atomic mass is 9.85. The van der Waals surface area contributed by atoms with E-state index in [-0.39, 0.29) is 0 Å². The number of hydrogen-bond acceptors (Lipinski definition) is 4. The molecule has 1 saturated carbocycles. The molecule has 16 heavy (non-hydrogen) atoms. The molecule has 0 unspecified atom stereocenters. The molecule has 0 saturated heterocycles. The Morgan fingerprint density at radius 1 is 1.44 bits per heavy atom. The smallest absolute Gasteiger partial charge is 0.218 e. The van der Waals surface area contributed by atoms with Crippen LogP contribution in [0, 0.1) is 5.92 Å². The third-order valence-corrected chi connectivity index (χ3v) is 2.89. The highest BCUT2D eigenvalue weighted by molar-refractivity contribution is 5.37. The van der Waals surface area contributed by atoms with Crippen molar-refractivity contribution >= 4 is 5.82 Å². The Morgan fingerprint density at radius 3 is 3.00 bits per heavy atom. The van der Waals surface area contributed by atoms with Gasteiger partial charge in [-0.15, -0.1) is 0 Å². The van der Waals surface area contributed by atoms with E-state index in [1.54, 1.807) is 6.33 Å². The molecule has 0 radical (unpaired) electrons. The molecular weight excluding hydrogens is 202 g/mol. The third kappa shape index (κ3) is 3.08. The van der Waals surface area contributed by atoms with Gasteiger partial charge in [0.05, 0.1) is 6.61 Å². The Kier molecular flexibility index (Phi) is 3.97. The van der Waals surface area contributed by atoms with Gasteiger partial charge in [0.15, 0.2) is 0 Å². The Hall–Kier alpha value is -1.32. The Balaban J connectivity index is 1.82. The molecule has 1 heterocycles. The number of nitrogens with zero attached hydrogens (tertiary/aromatic N) is 2. The van der Waals surface area contributed by atoms with Crippen LogP contribution in [-0.2, 0) is 0 Å². The number of hydrogen-bond donors (Lipinski definition) is 1. The van der Waals surface area contributed by atoms with Crippen LogP contribution in [0.1, 0.15) is 32.6 Å². The lowest BCUT2D eigenvalue weighted by Gasteiger charge is -2.25. The number of nitrogens with one attached hydrogen (secondary N) is 1. The summed E-state index contributed by atoms with van der Waals surface area (Å²) in [7, 11) is 0. The van der Waals surface area contributed by atoms with E-state index in [2.05, 4.69) is 22.2 Å². The van der Waals surface area contributed by atoms with Gasteiger partial charge in [0.2, 0.25) is 5.88 Å². The molecule has 1 aliphatic rings. The summed E-state index contributed by atoms with van der Waals surface area (Å²) in [6.07, 6.45) is 6.61. The van der Waals surface area contributed by atoms with Crippen molar-refractivity contribution in [1.29, 1.82) is 0 Å². The molecular formula is C12H19N3O. The van der Waals surface area contributed by atoms with E-state index < -0.39 is 0 Å². The first kappa shape index (κ1) is 11.2. The van der Waals surface area contributed by atoms with Crippen LogP contribution in [0.5, 0.6) is 5.88 Å². The van der Waals surface area contributed by atoms with Crippen LogP contribution in [0.4, 0.5) is 5.82 Å². The highest BCUT2D eigenvalue weighted by atomic mass is 16.5. The highest BCUT2D eigenvalue weighted by Gasteiger charge is 2.16. The van der Waals surface area contributed by atoms with E-state index >= 15 is 0 Å². The van der Waals surface area contributed by atoms with Crippen LogP contribution in [0.25, 0.3) is 0 Å². The molecule has 1 aliphatic carbocycles. The van der Waals surface area contributed by atoms with Crippen molar-refractivity contribution in [1.82, 2.24) is 9.97 Å².